The van der Waals surface area contributed by atoms with E-state index < -0.39 is 0 Å². The average Bonchev–Trinajstić information content (AvgIpc) is 2.66. The molecule has 0 aliphatic heterocycles. The van der Waals surface area contributed by atoms with Crippen molar-refractivity contribution in [3.05, 3.63) is 40.8 Å². The van der Waals surface area contributed by atoms with E-state index >= 15 is 0 Å². The molecule has 0 amide bonds. The molecule has 0 bridgehead atoms. The van der Waals surface area contributed by atoms with Gasteiger partial charge in [0.25, 0.3) is 5.56 Å². The Morgan fingerprint density at radius 2 is 1.86 bits per heavy atom. The lowest BCUT2D eigenvalue weighted by Gasteiger charge is -1.96. The van der Waals surface area contributed by atoms with Gasteiger partial charge in [0.1, 0.15) is 5.65 Å². The summed E-state index contributed by atoms with van der Waals surface area (Å²) >= 11 is 0. The Hall–Kier alpha value is -2.10. The molecule has 4 heteroatoms. The molecule has 14 heavy (non-hydrogen) atoms. The van der Waals surface area contributed by atoms with Crippen LogP contribution in [0.3, 0.4) is 0 Å². The first-order valence-electron chi connectivity index (χ1n) is 4.30. The maximum absolute atomic E-state index is 11.6. The number of hydrogen-bond acceptors (Lipinski definition) is 2. The topological polar surface area (TPSA) is 61.5 Å². The van der Waals surface area contributed by atoms with Crippen molar-refractivity contribution in [1.82, 2.24) is 15.2 Å². The summed E-state index contributed by atoms with van der Waals surface area (Å²) in [5.41, 5.74) is 0.589. The van der Waals surface area contributed by atoms with E-state index in [1.54, 1.807) is 12.3 Å². The Morgan fingerprint density at radius 3 is 2.71 bits per heavy atom. The first-order valence-corrected chi connectivity index (χ1v) is 4.30. The van der Waals surface area contributed by atoms with Crippen LogP contribution < -0.4 is 5.56 Å². The van der Waals surface area contributed by atoms with Crippen LogP contribution in [0.15, 0.2) is 35.3 Å². The molecule has 1 aromatic carbocycles. The van der Waals surface area contributed by atoms with Gasteiger partial charge < -0.3 is 4.98 Å². The third kappa shape index (κ3) is 0.821. The summed E-state index contributed by atoms with van der Waals surface area (Å²) in [6.07, 6.45) is 1.72. The lowest BCUT2D eigenvalue weighted by Crippen LogP contribution is -2.05. The highest BCUT2D eigenvalue weighted by molar-refractivity contribution is 6.03. The Kier molecular flexibility index (Phi) is 1.28. The van der Waals surface area contributed by atoms with Crippen LogP contribution in [-0.2, 0) is 0 Å². The molecule has 3 aromatic rings. The molecule has 0 aliphatic rings. The summed E-state index contributed by atoms with van der Waals surface area (Å²) in [5.74, 6) is 0. The quantitative estimate of drug-likeness (QED) is 0.556. The largest absolute Gasteiger partial charge is 0.306 e. The second-order valence-electron chi connectivity index (χ2n) is 3.16. The number of aromatic amines is 2. The number of nitrogens with one attached hydrogen (secondary N) is 2. The molecule has 0 spiro atoms. The predicted octanol–water partition coefficient (Wildman–Crippen LogP) is 1.40. The van der Waals surface area contributed by atoms with Crippen molar-refractivity contribution in [2.75, 3.05) is 0 Å². The minimum atomic E-state index is -0.0858. The van der Waals surface area contributed by atoms with Gasteiger partial charge in [0.05, 0.1) is 6.20 Å². The smallest absolute Gasteiger partial charge is 0.257 e. The summed E-state index contributed by atoms with van der Waals surface area (Å²) in [6, 6.07) is 7.49. The Balaban J connectivity index is 2.74. The lowest BCUT2D eigenvalue weighted by atomic mass is 10.1. The van der Waals surface area contributed by atoms with E-state index in [0.717, 1.165) is 10.8 Å². The maximum Gasteiger partial charge on any atom is 0.257 e. The summed E-state index contributed by atoms with van der Waals surface area (Å²) in [6.45, 7) is 0. The van der Waals surface area contributed by atoms with Gasteiger partial charge in [0.15, 0.2) is 0 Å². The van der Waals surface area contributed by atoms with Gasteiger partial charge in [-0.1, -0.05) is 18.2 Å². The van der Waals surface area contributed by atoms with Gasteiger partial charge in [-0.25, -0.2) is 0 Å². The van der Waals surface area contributed by atoms with Gasteiger partial charge in [-0.2, -0.15) is 5.10 Å². The minimum Gasteiger partial charge on any atom is -0.306 e. The molecule has 4 nitrogen and oxygen atoms in total. The van der Waals surface area contributed by atoms with Crippen LogP contribution in [0.4, 0.5) is 0 Å². The zero-order valence-corrected chi connectivity index (χ0v) is 7.24. The van der Waals surface area contributed by atoms with Gasteiger partial charge in [0, 0.05) is 10.8 Å². The van der Waals surface area contributed by atoms with E-state index in [9.17, 15) is 4.79 Å². The Morgan fingerprint density at radius 1 is 1.07 bits per heavy atom. The molecule has 68 valence electrons. The van der Waals surface area contributed by atoms with Crippen molar-refractivity contribution in [1.29, 1.82) is 0 Å². The third-order valence-electron chi connectivity index (χ3n) is 2.34. The number of rotatable bonds is 0. The SMILES string of the molecule is O=c1[nH]c2[nH]ncc2c2ccccc12. The zero-order chi connectivity index (χ0) is 9.54. The minimum absolute atomic E-state index is 0.0858. The number of pyridine rings is 1. The summed E-state index contributed by atoms with van der Waals surface area (Å²) in [5, 5.41) is 9.22. The van der Waals surface area contributed by atoms with Crippen molar-refractivity contribution in [2.45, 2.75) is 0 Å². The van der Waals surface area contributed by atoms with E-state index in [1.165, 1.54) is 0 Å². The fourth-order valence-electron chi connectivity index (χ4n) is 1.68. The van der Waals surface area contributed by atoms with E-state index in [0.29, 0.717) is 11.0 Å². The van der Waals surface area contributed by atoms with E-state index in [2.05, 4.69) is 15.2 Å². The third-order valence-corrected chi connectivity index (χ3v) is 2.34. The molecule has 0 saturated heterocycles. The molecule has 2 N–H and O–H groups in total. The molecule has 0 unspecified atom stereocenters. The molecule has 0 fully saturated rings. The van der Waals surface area contributed by atoms with Gasteiger partial charge in [-0.15, -0.1) is 0 Å². The Labute approximate surface area is 78.6 Å². The highest BCUT2D eigenvalue weighted by Crippen LogP contribution is 2.18. The van der Waals surface area contributed by atoms with E-state index in [-0.39, 0.29) is 5.56 Å². The number of nitrogens with zero attached hydrogens (tertiary/aromatic N) is 1. The summed E-state index contributed by atoms with van der Waals surface area (Å²) < 4.78 is 0. The van der Waals surface area contributed by atoms with Crippen LogP contribution in [0.2, 0.25) is 0 Å². The molecular formula is C10H7N3O. The van der Waals surface area contributed by atoms with Crippen molar-refractivity contribution >= 4 is 21.8 Å². The Bertz CT molecular complexity index is 665. The molecule has 0 saturated carbocycles. The van der Waals surface area contributed by atoms with Gasteiger partial charge in [-0.05, 0) is 11.5 Å². The second-order valence-corrected chi connectivity index (χ2v) is 3.16. The number of benzene rings is 1. The zero-order valence-electron chi connectivity index (χ0n) is 7.24. The standard InChI is InChI=1S/C10H7N3O/c14-10-7-4-2-1-3-6(7)8-5-11-13-9(8)12-10/h1-5H,(H2,11,12,13,14). The van der Waals surface area contributed by atoms with Crippen molar-refractivity contribution in [3.8, 4) is 0 Å². The fraction of sp³-hybridized carbons (Fsp3) is 0. The van der Waals surface area contributed by atoms with Crippen LogP contribution in [0.25, 0.3) is 21.8 Å². The number of aromatic nitrogens is 3. The fourth-order valence-corrected chi connectivity index (χ4v) is 1.68. The van der Waals surface area contributed by atoms with Crippen LogP contribution in [0.5, 0.6) is 0 Å². The maximum atomic E-state index is 11.6. The monoisotopic (exact) mass is 185 g/mol. The van der Waals surface area contributed by atoms with Crippen LogP contribution >= 0.6 is 0 Å². The highest BCUT2D eigenvalue weighted by Gasteiger charge is 2.04. The molecule has 3 rings (SSSR count). The first-order chi connectivity index (χ1) is 6.86. The number of hydrogen-bond donors (Lipinski definition) is 2. The number of H-pyrrole nitrogens is 2. The van der Waals surface area contributed by atoms with Crippen molar-refractivity contribution in [2.24, 2.45) is 0 Å². The molecule has 2 aromatic heterocycles. The van der Waals surface area contributed by atoms with Gasteiger partial charge in [-0.3, -0.25) is 9.89 Å². The normalized spacial score (nSPS) is 11.1. The first kappa shape index (κ1) is 7.32. The predicted molar refractivity (Wildman–Crippen MR) is 54.2 cm³/mol. The van der Waals surface area contributed by atoms with Crippen LogP contribution in [-0.4, -0.2) is 15.2 Å². The molecule has 0 radical (unpaired) electrons. The van der Waals surface area contributed by atoms with E-state index in [1.807, 2.05) is 18.2 Å². The van der Waals surface area contributed by atoms with Gasteiger partial charge in [0.2, 0.25) is 0 Å². The molecule has 0 aliphatic carbocycles. The lowest BCUT2D eigenvalue weighted by molar-refractivity contribution is 1.09. The van der Waals surface area contributed by atoms with E-state index in [4.69, 9.17) is 0 Å². The average molecular weight is 185 g/mol. The summed E-state index contributed by atoms with van der Waals surface area (Å²) in [7, 11) is 0. The van der Waals surface area contributed by atoms with Crippen LogP contribution in [0, 0.1) is 0 Å². The molecule has 0 atom stereocenters. The van der Waals surface area contributed by atoms with Crippen LogP contribution in [0.1, 0.15) is 0 Å². The number of fused-ring (bicyclic) bond motifs is 3. The molecular weight excluding hydrogens is 178 g/mol. The summed E-state index contributed by atoms with van der Waals surface area (Å²) in [4.78, 5) is 14.3. The van der Waals surface area contributed by atoms with Crippen molar-refractivity contribution in [3.63, 3.8) is 0 Å². The highest BCUT2D eigenvalue weighted by atomic mass is 16.1. The van der Waals surface area contributed by atoms with Crippen molar-refractivity contribution < 1.29 is 0 Å². The second kappa shape index (κ2) is 2.45. The van der Waals surface area contributed by atoms with Gasteiger partial charge >= 0.3 is 0 Å². The molecule has 2 heterocycles.